The molecular formula is C19H22N2O6. The second-order valence-corrected chi connectivity index (χ2v) is 5.63. The molecule has 2 aromatic carbocycles. The number of hydrogen-bond acceptors (Lipinski definition) is 6. The van der Waals surface area contributed by atoms with Crippen LogP contribution in [-0.2, 0) is 6.42 Å². The zero-order valence-corrected chi connectivity index (χ0v) is 15.2. The lowest BCUT2D eigenvalue weighted by Gasteiger charge is -2.13. The molecular weight excluding hydrogens is 352 g/mol. The Kier molecular flexibility index (Phi) is 7.16. The van der Waals surface area contributed by atoms with E-state index in [1.165, 1.54) is 0 Å². The molecule has 0 aliphatic rings. The minimum atomic E-state index is -0.833. The number of hydroxylamine groups is 4. The molecule has 0 radical (unpaired) electrons. The van der Waals surface area contributed by atoms with Crippen molar-refractivity contribution in [3.05, 3.63) is 59.7 Å². The summed E-state index contributed by atoms with van der Waals surface area (Å²) in [6.45, 7) is 3.52. The van der Waals surface area contributed by atoms with E-state index in [9.17, 15) is 20.0 Å². The molecule has 0 saturated heterocycles. The topological polar surface area (TPSA) is 99.5 Å². The van der Waals surface area contributed by atoms with Gasteiger partial charge < -0.3 is 9.47 Å². The van der Waals surface area contributed by atoms with Gasteiger partial charge in [-0.05, 0) is 55.7 Å². The van der Waals surface area contributed by atoms with E-state index in [0.29, 0.717) is 28.0 Å². The second-order valence-electron chi connectivity index (χ2n) is 5.63. The predicted molar refractivity (Wildman–Crippen MR) is 96.1 cm³/mol. The molecule has 8 nitrogen and oxygen atoms in total. The highest BCUT2D eigenvalue weighted by molar-refractivity contribution is 5.69. The lowest BCUT2D eigenvalue weighted by Crippen LogP contribution is -2.29. The molecule has 0 spiro atoms. The molecule has 0 atom stereocenters. The summed E-state index contributed by atoms with van der Waals surface area (Å²) in [5.41, 5.74) is 1.98. The van der Waals surface area contributed by atoms with E-state index in [4.69, 9.17) is 9.47 Å². The maximum absolute atomic E-state index is 11.5. The molecule has 2 N–H and O–H groups in total. The third kappa shape index (κ3) is 5.98. The molecule has 0 aliphatic heterocycles. The maximum Gasteiger partial charge on any atom is 0.439 e. The van der Waals surface area contributed by atoms with Gasteiger partial charge in [0.15, 0.2) is 0 Å². The fourth-order valence-electron chi connectivity index (χ4n) is 2.15. The van der Waals surface area contributed by atoms with Crippen LogP contribution < -0.4 is 9.47 Å². The van der Waals surface area contributed by atoms with E-state index in [0.717, 1.165) is 11.1 Å². The Morgan fingerprint density at radius 1 is 0.741 bits per heavy atom. The molecule has 0 fully saturated rings. The molecule has 8 heteroatoms. The van der Waals surface area contributed by atoms with Crippen molar-refractivity contribution in [1.29, 1.82) is 0 Å². The van der Waals surface area contributed by atoms with Crippen LogP contribution in [-0.4, -0.2) is 45.8 Å². The first kappa shape index (κ1) is 20.2. The number of amides is 2. The SMILES string of the molecule is CCN(O)C(=O)Oc1ccc(Cc2ccc(OC(=O)N(O)CC)cc2)cc1. The van der Waals surface area contributed by atoms with Crippen LogP contribution in [0.15, 0.2) is 48.5 Å². The molecule has 0 aromatic heterocycles. The molecule has 0 heterocycles. The van der Waals surface area contributed by atoms with Gasteiger partial charge in [0.05, 0.1) is 0 Å². The lowest BCUT2D eigenvalue weighted by atomic mass is 10.0. The minimum absolute atomic E-state index is 0.136. The summed E-state index contributed by atoms with van der Waals surface area (Å²) >= 11 is 0. The normalized spacial score (nSPS) is 10.2. The van der Waals surface area contributed by atoms with Crippen molar-refractivity contribution < 1.29 is 29.5 Å². The number of benzene rings is 2. The predicted octanol–water partition coefficient (Wildman–Crippen LogP) is 3.70. The second kappa shape index (κ2) is 9.56. The summed E-state index contributed by atoms with van der Waals surface area (Å²) in [7, 11) is 0. The van der Waals surface area contributed by atoms with Crippen LogP contribution in [0.3, 0.4) is 0 Å². The largest absolute Gasteiger partial charge is 0.439 e. The van der Waals surface area contributed by atoms with Crippen LogP contribution in [0.2, 0.25) is 0 Å². The van der Waals surface area contributed by atoms with Crippen LogP contribution in [0.25, 0.3) is 0 Å². The molecule has 27 heavy (non-hydrogen) atoms. The molecule has 0 saturated carbocycles. The summed E-state index contributed by atoms with van der Waals surface area (Å²) in [6, 6.07) is 13.8. The Bertz CT molecular complexity index is 695. The Morgan fingerprint density at radius 2 is 1.07 bits per heavy atom. The van der Waals surface area contributed by atoms with Crippen LogP contribution in [0.4, 0.5) is 9.59 Å². The van der Waals surface area contributed by atoms with Gasteiger partial charge in [-0.15, -0.1) is 0 Å². The summed E-state index contributed by atoms with van der Waals surface area (Å²) in [5.74, 6) is 0.672. The summed E-state index contributed by atoms with van der Waals surface area (Å²) in [6.07, 6.45) is -1.04. The van der Waals surface area contributed by atoms with E-state index in [1.807, 2.05) is 24.3 Å². The number of ether oxygens (including phenoxy) is 2. The summed E-state index contributed by atoms with van der Waals surface area (Å²) in [5, 5.41) is 19.5. The molecule has 2 rings (SSSR count). The Morgan fingerprint density at radius 3 is 1.37 bits per heavy atom. The van der Waals surface area contributed by atoms with E-state index >= 15 is 0 Å². The van der Waals surface area contributed by atoms with Crippen molar-refractivity contribution >= 4 is 12.2 Å². The van der Waals surface area contributed by atoms with E-state index in [1.54, 1.807) is 38.1 Å². The van der Waals surface area contributed by atoms with Crippen molar-refractivity contribution in [2.75, 3.05) is 13.1 Å². The number of carbonyl (C=O) groups is 2. The van der Waals surface area contributed by atoms with Crippen LogP contribution >= 0.6 is 0 Å². The number of carbonyl (C=O) groups excluding carboxylic acids is 2. The zero-order chi connectivity index (χ0) is 19.8. The van der Waals surface area contributed by atoms with Crippen molar-refractivity contribution in [2.24, 2.45) is 0 Å². The number of hydrogen-bond donors (Lipinski definition) is 2. The third-order valence-electron chi connectivity index (χ3n) is 3.69. The van der Waals surface area contributed by atoms with E-state index < -0.39 is 12.2 Å². The number of rotatable bonds is 6. The molecule has 0 bridgehead atoms. The smallest absolute Gasteiger partial charge is 0.409 e. The Labute approximate surface area is 157 Å². The Balaban J connectivity index is 1.93. The maximum atomic E-state index is 11.5. The van der Waals surface area contributed by atoms with Crippen LogP contribution in [0.1, 0.15) is 25.0 Å². The van der Waals surface area contributed by atoms with E-state index in [-0.39, 0.29) is 13.1 Å². The number of nitrogens with zero attached hydrogens (tertiary/aromatic N) is 2. The first-order valence-corrected chi connectivity index (χ1v) is 8.47. The first-order chi connectivity index (χ1) is 12.9. The average Bonchev–Trinajstić information content (AvgIpc) is 2.69. The third-order valence-corrected chi connectivity index (χ3v) is 3.69. The van der Waals surface area contributed by atoms with Gasteiger partial charge >= 0.3 is 12.2 Å². The van der Waals surface area contributed by atoms with Crippen molar-refractivity contribution in [3.8, 4) is 11.5 Å². The lowest BCUT2D eigenvalue weighted by molar-refractivity contribution is -0.0559. The minimum Gasteiger partial charge on any atom is -0.409 e. The monoisotopic (exact) mass is 374 g/mol. The van der Waals surface area contributed by atoms with Crippen molar-refractivity contribution in [1.82, 2.24) is 10.1 Å². The van der Waals surface area contributed by atoms with E-state index in [2.05, 4.69) is 0 Å². The molecule has 0 unspecified atom stereocenters. The highest BCUT2D eigenvalue weighted by Gasteiger charge is 2.12. The highest BCUT2D eigenvalue weighted by Crippen LogP contribution is 2.18. The van der Waals surface area contributed by atoms with Gasteiger partial charge in [-0.25, -0.2) is 9.59 Å². The van der Waals surface area contributed by atoms with Crippen molar-refractivity contribution in [2.45, 2.75) is 20.3 Å². The quantitative estimate of drug-likeness (QED) is 0.591. The van der Waals surface area contributed by atoms with Gasteiger partial charge in [0.2, 0.25) is 0 Å². The Hall–Kier alpha value is -3.10. The first-order valence-electron chi connectivity index (χ1n) is 8.47. The van der Waals surface area contributed by atoms with Crippen molar-refractivity contribution in [3.63, 3.8) is 0 Å². The van der Waals surface area contributed by atoms with Gasteiger partial charge in [-0.2, -0.15) is 10.1 Å². The molecule has 0 aliphatic carbocycles. The van der Waals surface area contributed by atoms with Gasteiger partial charge in [0, 0.05) is 13.1 Å². The molecule has 144 valence electrons. The van der Waals surface area contributed by atoms with Gasteiger partial charge in [-0.3, -0.25) is 10.4 Å². The fourth-order valence-corrected chi connectivity index (χ4v) is 2.15. The molecule has 2 aromatic rings. The molecule has 2 amide bonds. The average molecular weight is 374 g/mol. The fraction of sp³-hybridized carbons (Fsp3) is 0.263. The van der Waals surface area contributed by atoms with Gasteiger partial charge in [-0.1, -0.05) is 24.3 Å². The highest BCUT2D eigenvalue weighted by atomic mass is 16.6. The van der Waals surface area contributed by atoms with Gasteiger partial charge in [0.1, 0.15) is 11.5 Å². The summed E-state index contributed by atoms with van der Waals surface area (Å²) < 4.78 is 10.0. The standard InChI is InChI=1S/C19H22N2O6/c1-3-20(24)18(22)26-16-9-5-14(6-10-16)13-15-7-11-17(12-8-15)27-19(23)21(25)4-2/h5-12,24-25H,3-4,13H2,1-2H3. The summed E-state index contributed by atoms with van der Waals surface area (Å²) in [4.78, 5) is 23.0. The van der Waals surface area contributed by atoms with Gasteiger partial charge in [0.25, 0.3) is 0 Å². The van der Waals surface area contributed by atoms with Crippen LogP contribution in [0.5, 0.6) is 11.5 Å². The van der Waals surface area contributed by atoms with Crippen LogP contribution in [0, 0.1) is 0 Å². The zero-order valence-electron chi connectivity index (χ0n) is 15.2.